The Labute approximate surface area is 177 Å². The highest BCUT2D eigenvalue weighted by Gasteiger charge is 2.34. The zero-order chi connectivity index (χ0) is 21.3. The van der Waals surface area contributed by atoms with Crippen molar-refractivity contribution in [3.8, 4) is 11.4 Å². The molecule has 0 amide bonds. The molecule has 0 bridgehead atoms. The summed E-state index contributed by atoms with van der Waals surface area (Å²) in [6, 6.07) is 5.13. The third-order valence-electron chi connectivity index (χ3n) is 4.29. The zero-order valence-electron chi connectivity index (χ0n) is 15.8. The largest absolute Gasteiger partial charge is 0.368 e. The number of halogens is 1. The molecule has 0 radical (unpaired) electrons. The maximum absolute atomic E-state index is 12.7. The van der Waals surface area contributed by atoms with Crippen molar-refractivity contribution in [3.63, 3.8) is 0 Å². The van der Waals surface area contributed by atoms with Gasteiger partial charge in [-0.2, -0.15) is 9.97 Å². The second-order valence-corrected chi connectivity index (χ2v) is 9.23. The summed E-state index contributed by atoms with van der Waals surface area (Å²) in [6.45, 7) is 1.72. The van der Waals surface area contributed by atoms with Crippen LogP contribution in [0.5, 0.6) is 0 Å². The number of hydrogen-bond acceptors (Lipinski definition) is 9. The number of nitrogens with two attached hydrogens (primary N) is 1. The van der Waals surface area contributed by atoms with E-state index in [4.69, 9.17) is 17.3 Å². The highest BCUT2D eigenvalue weighted by Crippen LogP contribution is 2.33. The van der Waals surface area contributed by atoms with E-state index in [1.165, 1.54) is 6.20 Å². The van der Waals surface area contributed by atoms with E-state index in [0.29, 0.717) is 41.6 Å². The SMILES string of the molecule is Cc1nc(N)nc(-c2cccnc2Nc2cnc(Cl)c(NS(=O)(=C=O)C3CC3)c2)n1. The summed E-state index contributed by atoms with van der Waals surface area (Å²) >= 11 is 6.14. The molecular weight excluding hydrogens is 428 g/mol. The van der Waals surface area contributed by atoms with Crippen molar-refractivity contribution < 1.29 is 9.00 Å². The molecule has 4 rings (SSSR count). The average molecular weight is 445 g/mol. The molecule has 0 aromatic carbocycles. The molecule has 3 heterocycles. The van der Waals surface area contributed by atoms with Crippen LogP contribution in [0.3, 0.4) is 0 Å². The van der Waals surface area contributed by atoms with Crippen LogP contribution in [0, 0.1) is 6.92 Å². The van der Waals surface area contributed by atoms with Gasteiger partial charge in [-0.15, -0.1) is 0 Å². The Balaban J connectivity index is 1.67. The van der Waals surface area contributed by atoms with Crippen LogP contribution in [0.1, 0.15) is 18.7 Å². The minimum atomic E-state index is -3.02. The van der Waals surface area contributed by atoms with Crippen LogP contribution in [0.4, 0.5) is 23.1 Å². The van der Waals surface area contributed by atoms with Crippen LogP contribution in [0.25, 0.3) is 11.4 Å². The molecule has 0 spiro atoms. The molecule has 4 N–H and O–H groups in total. The maximum atomic E-state index is 12.7. The van der Waals surface area contributed by atoms with E-state index in [2.05, 4.69) is 35.0 Å². The van der Waals surface area contributed by atoms with Gasteiger partial charge in [0.05, 0.1) is 28.4 Å². The first-order chi connectivity index (χ1) is 14.4. The Morgan fingerprint density at radius 1 is 1.27 bits per heavy atom. The molecule has 3 aromatic rings. The molecule has 1 atom stereocenters. The molecule has 30 heavy (non-hydrogen) atoms. The lowest BCUT2D eigenvalue weighted by Gasteiger charge is -2.14. The summed E-state index contributed by atoms with van der Waals surface area (Å²) in [5.41, 5.74) is 7.11. The zero-order valence-corrected chi connectivity index (χ0v) is 17.4. The van der Waals surface area contributed by atoms with Gasteiger partial charge in [0.15, 0.2) is 11.0 Å². The molecule has 1 unspecified atom stereocenters. The summed E-state index contributed by atoms with van der Waals surface area (Å²) in [7, 11) is -3.02. The van der Waals surface area contributed by atoms with E-state index >= 15 is 0 Å². The third kappa shape index (κ3) is 4.18. The molecule has 1 saturated carbocycles. The average Bonchev–Trinajstić information content (AvgIpc) is 3.56. The Morgan fingerprint density at radius 2 is 2.07 bits per heavy atom. The number of pyridine rings is 2. The van der Waals surface area contributed by atoms with E-state index in [-0.39, 0.29) is 22.0 Å². The number of rotatable bonds is 6. The first kappa shape index (κ1) is 20.0. The molecule has 12 heteroatoms. The fourth-order valence-electron chi connectivity index (χ4n) is 2.77. The molecular formula is C18H17ClN8O2S. The van der Waals surface area contributed by atoms with Crippen LogP contribution in [-0.4, -0.2) is 39.6 Å². The topological polar surface area (TPSA) is 149 Å². The van der Waals surface area contributed by atoms with Crippen LogP contribution in [0.2, 0.25) is 5.15 Å². The third-order valence-corrected chi connectivity index (χ3v) is 6.78. The highest BCUT2D eigenvalue weighted by molar-refractivity contribution is 8.02. The lowest BCUT2D eigenvalue weighted by Crippen LogP contribution is -2.18. The first-order valence-electron chi connectivity index (χ1n) is 8.94. The number of carbonyl (C=O) groups excluding carboxylic acids is 1. The number of aromatic nitrogens is 5. The van der Waals surface area contributed by atoms with Gasteiger partial charge in [0.1, 0.15) is 21.4 Å². The lowest BCUT2D eigenvalue weighted by atomic mass is 10.2. The summed E-state index contributed by atoms with van der Waals surface area (Å²) in [4.78, 5) is 32.2. The fraction of sp³-hybridized carbons (Fsp3) is 0.222. The van der Waals surface area contributed by atoms with Gasteiger partial charge < -0.3 is 15.8 Å². The smallest absolute Gasteiger partial charge is 0.223 e. The monoisotopic (exact) mass is 444 g/mol. The standard InChI is InChI=1S/C18H17ClN8O2S/c1-10-23-17(26-18(20)24-10)13-3-2-6-21-16(13)25-11-7-14(15(19)22-8-11)27-30(29,9-28)12-4-5-12/h2-3,6-8,12H,4-5H2,1H3,(H,21,25)(H,27,29)(H2,20,23,24,26). The van der Waals surface area contributed by atoms with Crippen molar-refractivity contribution in [2.24, 2.45) is 0 Å². The van der Waals surface area contributed by atoms with Gasteiger partial charge in [-0.3, -0.25) is 0 Å². The molecule has 0 aliphatic heterocycles. The summed E-state index contributed by atoms with van der Waals surface area (Å²) in [5.74, 6) is 1.39. The number of hydrogen-bond donors (Lipinski definition) is 3. The van der Waals surface area contributed by atoms with Gasteiger partial charge in [-0.1, -0.05) is 11.6 Å². The van der Waals surface area contributed by atoms with Crippen molar-refractivity contribution in [1.29, 1.82) is 0 Å². The fourth-order valence-corrected chi connectivity index (χ4v) is 4.60. The normalized spacial score (nSPS) is 15.1. The predicted molar refractivity (Wildman–Crippen MR) is 115 cm³/mol. The van der Waals surface area contributed by atoms with Crippen molar-refractivity contribution in [3.05, 3.63) is 41.6 Å². The van der Waals surface area contributed by atoms with Gasteiger partial charge >= 0.3 is 0 Å². The number of nitrogens with zero attached hydrogens (tertiary/aromatic N) is 5. The van der Waals surface area contributed by atoms with E-state index in [9.17, 15) is 9.00 Å². The van der Waals surface area contributed by atoms with Crippen molar-refractivity contribution in [2.45, 2.75) is 25.0 Å². The molecule has 0 saturated heterocycles. The first-order valence-corrected chi connectivity index (χ1v) is 10.9. The van der Waals surface area contributed by atoms with E-state index < -0.39 is 9.71 Å². The second-order valence-electron chi connectivity index (χ2n) is 6.64. The highest BCUT2D eigenvalue weighted by atomic mass is 35.5. The Bertz CT molecular complexity index is 1250. The van der Waals surface area contributed by atoms with E-state index in [1.807, 2.05) is 0 Å². The maximum Gasteiger partial charge on any atom is 0.223 e. The van der Waals surface area contributed by atoms with Gasteiger partial charge in [-0.05, 0) is 38.0 Å². The van der Waals surface area contributed by atoms with Gasteiger partial charge in [0.25, 0.3) is 0 Å². The Hall–Kier alpha value is -3.27. The quantitative estimate of drug-likeness (QED) is 0.384. The number of nitrogens with one attached hydrogen (secondary N) is 2. The van der Waals surface area contributed by atoms with Crippen LogP contribution >= 0.6 is 11.6 Å². The molecule has 10 nitrogen and oxygen atoms in total. The summed E-state index contributed by atoms with van der Waals surface area (Å²) in [6.07, 6.45) is 4.50. The van der Waals surface area contributed by atoms with Crippen molar-refractivity contribution in [1.82, 2.24) is 24.9 Å². The van der Waals surface area contributed by atoms with Crippen LogP contribution in [-0.2, 0) is 14.5 Å². The number of anilines is 4. The van der Waals surface area contributed by atoms with Crippen LogP contribution < -0.4 is 15.8 Å². The lowest BCUT2D eigenvalue weighted by molar-refractivity contribution is 0.570. The molecule has 1 aliphatic carbocycles. The minimum Gasteiger partial charge on any atom is -0.368 e. The summed E-state index contributed by atoms with van der Waals surface area (Å²) in [5, 5.41) is 4.62. The van der Waals surface area contributed by atoms with E-state index in [1.54, 1.807) is 36.6 Å². The van der Waals surface area contributed by atoms with Gasteiger partial charge in [0.2, 0.25) is 11.2 Å². The van der Waals surface area contributed by atoms with Gasteiger partial charge in [0, 0.05) is 6.20 Å². The summed E-state index contributed by atoms with van der Waals surface area (Å²) < 4.78 is 15.4. The predicted octanol–water partition coefficient (Wildman–Crippen LogP) is 2.46. The molecule has 3 aromatic heterocycles. The molecule has 1 aliphatic rings. The van der Waals surface area contributed by atoms with Crippen molar-refractivity contribution in [2.75, 3.05) is 15.8 Å². The second kappa shape index (κ2) is 7.86. The molecule has 154 valence electrons. The Morgan fingerprint density at radius 3 is 2.77 bits per heavy atom. The number of aryl methyl sites for hydroxylation is 1. The molecule has 1 fully saturated rings. The Kier molecular flexibility index (Phi) is 5.25. The van der Waals surface area contributed by atoms with Gasteiger partial charge in [-0.25, -0.2) is 24.0 Å². The minimum absolute atomic E-state index is 0.0892. The van der Waals surface area contributed by atoms with E-state index in [0.717, 1.165) is 0 Å². The van der Waals surface area contributed by atoms with Crippen LogP contribution in [0.15, 0.2) is 30.6 Å². The number of nitrogen functional groups attached to an aromatic ring is 1. The van der Waals surface area contributed by atoms with Crippen molar-refractivity contribution >= 4 is 49.7 Å².